The van der Waals surface area contributed by atoms with E-state index in [1.165, 1.54) is 0 Å². The predicted molar refractivity (Wildman–Crippen MR) is 82.6 cm³/mol. The molecule has 22 heavy (non-hydrogen) atoms. The molecule has 0 atom stereocenters. The number of anilines is 1. The molecule has 7 heteroatoms. The van der Waals surface area contributed by atoms with E-state index in [9.17, 15) is 9.59 Å². The normalized spacial score (nSPS) is 15.4. The molecule has 0 aliphatic carbocycles. The summed E-state index contributed by atoms with van der Waals surface area (Å²) in [6.45, 7) is 7.37. The first-order valence-corrected chi connectivity index (χ1v) is 7.30. The van der Waals surface area contributed by atoms with Crippen LogP contribution in [0.25, 0.3) is 0 Å². The Morgan fingerprint density at radius 1 is 1.14 bits per heavy atom. The van der Waals surface area contributed by atoms with Gasteiger partial charge in [-0.15, -0.1) is 0 Å². The molecule has 0 radical (unpaired) electrons. The summed E-state index contributed by atoms with van der Waals surface area (Å²) in [7, 11) is 0. The summed E-state index contributed by atoms with van der Waals surface area (Å²) in [6.07, 6.45) is 1.29. The van der Waals surface area contributed by atoms with Gasteiger partial charge in [-0.2, -0.15) is 0 Å². The zero-order valence-corrected chi connectivity index (χ0v) is 13.2. The lowest BCUT2D eigenvalue weighted by Crippen LogP contribution is -2.52. The first kappa shape index (κ1) is 16.1. The lowest BCUT2D eigenvalue weighted by atomic mass is 10.2. The van der Waals surface area contributed by atoms with Crippen molar-refractivity contribution < 1.29 is 14.3 Å². The van der Waals surface area contributed by atoms with E-state index < -0.39 is 5.60 Å². The van der Waals surface area contributed by atoms with Crippen LogP contribution in [0.4, 0.5) is 15.4 Å². The van der Waals surface area contributed by atoms with Crippen molar-refractivity contribution in [1.82, 2.24) is 14.8 Å². The number of pyridine rings is 1. The topological polar surface area (TPSA) is 74.8 Å². The van der Waals surface area contributed by atoms with Crippen LogP contribution in [0.5, 0.6) is 0 Å². The van der Waals surface area contributed by atoms with Gasteiger partial charge in [0, 0.05) is 32.4 Å². The highest BCUT2D eigenvalue weighted by Crippen LogP contribution is 2.12. The van der Waals surface area contributed by atoms with E-state index in [0.717, 1.165) is 0 Å². The van der Waals surface area contributed by atoms with Gasteiger partial charge >= 0.3 is 12.1 Å². The maximum Gasteiger partial charge on any atom is 0.410 e. The number of hydrogen-bond acceptors (Lipinski definition) is 4. The summed E-state index contributed by atoms with van der Waals surface area (Å²) in [4.78, 5) is 31.4. The van der Waals surface area contributed by atoms with Crippen LogP contribution in [0.2, 0.25) is 0 Å². The molecule has 0 aromatic carbocycles. The lowest BCUT2D eigenvalue weighted by Gasteiger charge is -2.35. The Balaban J connectivity index is 1.82. The van der Waals surface area contributed by atoms with E-state index in [1.54, 1.807) is 28.1 Å². The molecule has 1 aliphatic rings. The molecule has 1 aromatic rings. The Bertz CT molecular complexity index is 519. The third kappa shape index (κ3) is 4.61. The molecule has 3 amide bonds. The monoisotopic (exact) mass is 306 g/mol. The molecule has 0 bridgehead atoms. The SMILES string of the molecule is CC(C)(C)OC(=O)N1CCN(C(=O)Nc2ccccn2)CC1. The van der Waals surface area contributed by atoms with Crippen molar-refractivity contribution in [2.45, 2.75) is 26.4 Å². The van der Waals surface area contributed by atoms with E-state index in [-0.39, 0.29) is 12.1 Å². The molecule has 0 unspecified atom stereocenters. The number of amides is 3. The Kier molecular flexibility index (Phi) is 4.85. The highest BCUT2D eigenvalue weighted by molar-refractivity contribution is 5.88. The molecule has 120 valence electrons. The van der Waals surface area contributed by atoms with Crippen molar-refractivity contribution in [2.24, 2.45) is 0 Å². The largest absolute Gasteiger partial charge is 0.444 e. The number of hydrogen-bond donors (Lipinski definition) is 1. The summed E-state index contributed by atoms with van der Waals surface area (Å²) in [5.74, 6) is 0.516. The zero-order valence-electron chi connectivity index (χ0n) is 13.2. The van der Waals surface area contributed by atoms with Crippen molar-refractivity contribution in [1.29, 1.82) is 0 Å². The summed E-state index contributed by atoms with van der Waals surface area (Å²) >= 11 is 0. The van der Waals surface area contributed by atoms with Gasteiger partial charge in [0.1, 0.15) is 11.4 Å². The average Bonchev–Trinajstić information content (AvgIpc) is 2.46. The molecule has 1 aliphatic heterocycles. The number of rotatable bonds is 1. The Hall–Kier alpha value is -2.31. The standard InChI is InChI=1S/C15H22N4O3/c1-15(2,3)22-14(21)19-10-8-18(9-11-19)13(20)17-12-6-4-5-7-16-12/h4-7H,8-11H2,1-3H3,(H,16,17,20). The molecule has 2 rings (SSSR count). The van der Waals surface area contributed by atoms with Gasteiger partial charge in [-0.1, -0.05) is 6.07 Å². The van der Waals surface area contributed by atoms with Crippen molar-refractivity contribution >= 4 is 17.9 Å². The van der Waals surface area contributed by atoms with Gasteiger partial charge in [0.15, 0.2) is 0 Å². The van der Waals surface area contributed by atoms with Gasteiger partial charge in [-0.05, 0) is 32.9 Å². The molecule has 1 fully saturated rings. The van der Waals surface area contributed by atoms with Gasteiger partial charge in [-0.3, -0.25) is 5.32 Å². The fourth-order valence-electron chi connectivity index (χ4n) is 2.04. The number of urea groups is 1. The van der Waals surface area contributed by atoms with Crippen LogP contribution < -0.4 is 5.32 Å². The molecule has 7 nitrogen and oxygen atoms in total. The van der Waals surface area contributed by atoms with Gasteiger partial charge in [0.25, 0.3) is 0 Å². The predicted octanol–water partition coefficient (Wildman–Crippen LogP) is 2.17. The van der Waals surface area contributed by atoms with E-state index in [4.69, 9.17) is 4.74 Å². The van der Waals surface area contributed by atoms with Crippen LogP contribution in [-0.4, -0.2) is 58.7 Å². The Morgan fingerprint density at radius 3 is 2.32 bits per heavy atom. The third-order valence-electron chi connectivity index (χ3n) is 3.12. The quantitative estimate of drug-likeness (QED) is 0.863. The minimum atomic E-state index is -0.509. The molecule has 1 aromatic heterocycles. The summed E-state index contributed by atoms with van der Waals surface area (Å²) in [5, 5.41) is 2.74. The number of aromatic nitrogens is 1. The number of piperazine rings is 1. The van der Waals surface area contributed by atoms with Crippen molar-refractivity contribution in [2.75, 3.05) is 31.5 Å². The highest BCUT2D eigenvalue weighted by Gasteiger charge is 2.27. The Morgan fingerprint density at radius 2 is 1.77 bits per heavy atom. The van der Waals surface area contributed by atoms with Crippen LogP contribution in [0.15, 0.2) is 24.4 Å². The third-order valence-corrected chi connectivity index (χ3v) is 3.12. The van der Waals surface area contributed by atoms with E-state index in [2.05, 4.69) is 10.3 Å². The average molecular weight is 306 g/mol. The maximum atomic E-state index is 12.1. The van der Waals surface area contributed by atoms with Gasteiger partial charge in [0.05, 0.1) is 0 Å². The van der Waals surface area contributed by atoms with Crippen LogP contribution in [-0.2, 0) is 4.74 Å². The number of nitrogens with zero attached hydrogens (tertiary/aromatic N) is 3. The first-order chi connectivity index (χ1) is 10.3. The first-order valence-electron chi connectivity index (χ1n) is 7.30. The second-order valence-corrected chi connectivity index (χ2v) is 6.10. The molecule has 1 N–H and O–H groups in total. The molecular formula is C15H22N4O3. The molecular weight excluding hydrogens is 284 g/mol. The molecule has 2 heterocycles. The fourth-order valence-corrected chi connectivity index (χ4v) is 2.04. The van der Waals surface area contributed by atoms with Crippen LogP contribution in [0.3, 0.4) is 0 Å². The fraction of sp³-hybridized carbons (Fsp3) is 0.533. The number of carbonyl (C=O) groups excluding carboxylic acids is 2. The van der Waals surface area contributed by atoms with Crippen molar-refractivity contribution in [3.05, 3.63) is 24.4 Å². The van der Waals surface area contributed by atoms with E-state index >= 15 is 0 Å². The minimum absolute atomic E-state index is 0.206. The van der Waals surface area contributed by atoms with Crippen LogP contribution in [0.1, 0.15) is 20.8 Å². The van der Waals surface area contributed by atoms with Crippen LogP contribution in [0, 0.1) is 0 Å². The second-order valence-electron chi connectivity index (χ2n) is 6.10. The number of ether oxygens (including phenoxy) is 1. The van der Waals surface area contributed by atoms with Crippen LogP contribution >= 0.6 is 0 Å². The number of carbonyl (C=O) groups is 2. The smallest absolute Gasteiger partial charge is 0.410 e. The minimum Gasteiger partial charge on any atom is -0.444 e. The summed E-state index contributed by atoms with van der Waals surface area (Å²) in [5.41, 5.74) is -0.509. The summed E-state index contributed by atoms with van der Waals surface area (Å²) < 4.78 is 5.33. The molecule has 0 saturated carbocycles. The number of nitrogens with one attached hydrogen (secondary N) is 1. The lowest BCUT2D eigenvalue weighted by molar-refractivity contribution is 0.0174. The maximum absolute atomic E-state index is 12.1. The van der Waals surface area contributed by atoms with Gasteiger partial charge in [-0.25, -0.2) is 14.6 Å². The van der Waals surface area contributed by atoms with Gasteiger partial charge in [0.2, 0.25) is 0 Å². The van der Waals surface area contributed by atoms with Crippen molar-refractivity contribution in [3.63, 3.8) is 0 Å². The van der Waals surface area contributed by atoms with E-state index in [0.29, 0.717) is 32.0 Å². The van der Waals surface area contributed by atoms with Gasteiger partial charge < -0.3 is 14.5 Å². The molecule has 1 saturated heterocycles. The van der Waals surface area contributed by atoms with Crippen molar-refractivity contribution in [3.8, 4) is 0 Å². The van der Waals surface area contributed by atoms with E-state index in [1.807, 2.05) is 26.8 Å². The second kappa shape index (κ2) is 6.64. The zero-order chi connectivity index (χ0) is 16.2. The summed E-state index contributed by atoms with van der Waals surface area (Å²) in [6, 6.07) is 5.12. The molecule has 0 spiro atoms. The Labute approximate surface area is 130 Å². The highest BCUT2D eigenvalue weighted by atomic mass is 16.6.